The first kappa shape index (κ1) is 24.3. The number of hydrogen-bond acceptors (Lipinski definition) is 6. The van der Waals surface area contributed by atoms with Gasteiger partial charge in [0, 0.05) is 25.3 Å². The first-order valence-corrected chi connectivity index (χ1v) is 9.94. The van der Waals surface area contributed by atoms with Gasteiger partial charge in [-0.3, -0.25) is 9.80 Å². The number of aryl methyl sites for hydroxylation is 1. The Morgan fingerprint density at radius 2 is 1.78 bits per heavy atom. The van der Waals surface area contributed by atoms with Crippen LogP contribution in [0.2, 0.25) is 0 Å². The normalized spacial score (nSPS) is 9.62. The van der Waals surface area contributed by atoms with Gasteiger partial charge in [-0.15, -0.1) is 0 Å². The van der Waals surface area contributed by atoms with E-state index < -0.39 is 0 Å². The molecule has 3 aromatic carbocycles. The average Bonchev–Trinajstić information content (AvgIpc) is 2.83. The highest BCUT2D eigenvalue weighted by Gasteiger charge is 2.09. The van der Waals surface area contributed by atoms with Gasteiger partial charge in [0.05, 0.1) is 18.7 Å². The lowest BCUT2D eigenvalue weighted by Crippen LogP contribution is -2.23. The van der Waals surface area contributed by atoms with Crippen LogP contribution in [0.25, 0.3) is 11.1 Å². The van der Waals surface area contributed by atoms with Crippen molar-refractivity contribution in [2.75, 3.05) is 26.5 Å². The summed E-state index contributed by atoms with van der Waals surface area (Å²) in [6.45, 7) is 2.50. The van der Waals surface area contributed by atoms with E-state index >= 15 is 0 Å². The molecule has 0 heterocycles. The lowest BCUT2D eigenvalue weighted by Gasteiger charge is -2.14. The molecule has 1 amide bonds. The second-order valence-corrected chi connectivity index (χ2v) is 6.96. The molecule has 0 aliphatic carbocycles. The van der Waals surface area contributed by atoms with Crippen LogP contribution in [0, 0.1) is 18.3 Å². The van der Waals surface area contributed by atoms with Crippen molar-refractivity contribution in [2.24, 2.45) is 5.84 Å². The molecule has 166 valence electrons. The Labute approximate surface area is 189 Å². The van der Waals surface area contributed by atoms with Crippen LogP contribution >= 0.6 is 0 Å². The number of nitriles is 1. The molecule has 0 fully saturated rings. The topological polar surface area (TPSA) is 101 Å². The Kier molecular flexibility index (Phi) is 9.08. The summed E-state index contributed by atoms with van der Waals surface area (Å²) in [4.78, 5) is 9.31. The van der Waals surface area contributed by atoms with E-state index in [2.05, 4.69) is 24.4 Å². The van der Waals surface area contributed by atoms with Crippen LogP contribution in [0.5, 0.6) is 11.5 Å². The summed E-state index contributed by atoms with van der Waals surface area (Å²) in [5, 5.41) is 13.7. The number of hydrogen-bond donors (Lipinski definition) is 2. The SMILES string of the molecule is CN(N)C=O.CNc1cccc(C)c1COc1ccc(-c2ccc(OC)cc2)c(C#N)c1. The molecule has 3 aromatic rings. The smallest absolute Gasteiger partial charge is 0.223 e. The maximum atomic E-state index is 9.58. The predicted octanol–water partition coefficient (Wildman–Crippen LogP) is 4.11. The van der Waals surface area contributed by atoms with Crippen molar-refractivity contribution in [3.63, 3.8) is 0 Å². The minimum atomic E-state index is 0.440. The highest BCUT2D eigenvalue weighted by atomic mass is 16.5. The summed E-state index contributed by atoms with van der Waals surface area (Å²) in [5.41, 5.74) is 5.74. The van der Waals surface area contributed by atoms with E-state index in [1.165, 1.54) is 7.05 Å². The molecule has 3 rings (SSSR count). The minimum absolute atomic E-state index is 0.440. The zero-order valence-corrected chi connectivity index (χ0v) is 18.8. The van der Waals surface area contributed by atoms with Crippen LogP contribution in [-0.4, -0.2) is 32.6 Å². The molecule has 0 spiro atoms. The molecule has 32 heavy (non-hydrogen) atoms. The summed E-state index contributed by atoms with van der Waals surface area (Å²) in [6, 6.07) is 21.7. The number of anilines is 1. The zero-order valence-electron chi connectivity index (χ0n) is 18.8. The number of carbonyl (C=O) groups excluding carboxylic acids is 1. The van der Waals surface area contributed by atoms with Gasteiger partial charge in [-0.05, 0) is 60.0 Å². The van der Waals surface area contributed by atoms with Gasteiger partial charge in [-0.1, -0.05) is 24.3 Å². The molecule has 0 radical (unpaired) electrons. The molecule has 0 unspecified atom stereocenters. The Balaban J connectivity index is 0.000000654. The van der Waals surface area contributed by atoms with E-state index in [4.69, 9.17) is 15.3 Å². The van der Waals surface area contributed by atoms with Gasteiger partial charge >= 0.3 is 0 Å². The number of nitrogens with two attached hydrogens (primary N) is 1. The molecular weight excluding hydrogens is 404 g/mol. The Morgan fingerprint density at radius 1 is 1.12 bits per heavy atom. The van der Waals surface area contributed by atoms with Gasteiger partial charge in [0.25, 0.3) is 0 Å². The van der Waals surface area contributed by atoms with Crippen molar-refractivity contribution in [1.82, 2.24) is 5.01 Å². The molecule has 0 atom stereocenters. The van der Waals surface area contributed by atoms with Crippen LogP contribution in [-0.2, 0) is 11.4 Å². The maximum Gasteiger partial charge on any atom is 0.223 e. The third kappa shape index (κ3) is 6.49. The number of nitrogens with zero attached hydrogens (tertiary/aromatic N) is 2. The Hall–Kier alpha value is -4.02. The molecule has 0 aliphatic heterocycles. The number of nitrogens with one attached hydrogen (secondary N) is 1. The first-order valence-electron chi connectivity index (χ1n) is 9.94. The number of benzene rings is 3. The van der Waals surface area contributed by atoms with Gasteiger partial charge in [-0.2, -0.15) is 5.26 Å². The van der Waals surface area contributed by atoms with Gasteiger partial charge in [0.15, 0.2) is 0 Å². The number of hydrazine groups is 1. The van der Waals surface area contributed by atoms with Crippen molar-refractivity contribution < 1.29 is 14.3 Å². The van der Waals surface area contributed by atoms with Crippen molar-refractivity contribution in [1.29, 1.82) is 5.26 Å². The highest BCUT2D eigenvalue weighted by Crippen LogP contribution is 2.29. The number of ether oxygens (including phenoxy) is 2. The quantitative estimate of drug-likeness (QED) is 0.252. The van der Waals surface area contributed by atoms with E-state index in [0.29, 0.717) is 24.3 Å². The standard InChI is InChI=1S/C23H22N2O2.C2H6N2O/c1-16-5-4-6-23(25-2)22(16)15-27-20-11-12-21(18(13-20)14-24)17-7-9-19(26-3)10-8-17;1-4(3)2-5/h4-13,25H,15H2,1-3H3;2H,3H2,1H3. The number of methoxy groups -OCH3 is 1. The third-order valence-electron chi connectivity index (χ3n) is 4.74. The van der Waals surface area contributed by atoms with Crippen molar-refractivity contribution >= 4 is 12.1 Å². The fraction of sp³-hybridized carbons (Fsp3) is 0.200. The molecule has 0 saturated carbocycles. The van der Waals surface area contributed by atoms with Gasteiger partial charge < -0.3 is 14.8 Å². The number of amides is 1. The lowest BCUT2D eigenvalue weighted by atomic mass is 10.00. The molecule has 7 nitrogen and oxygen atoms in total. The molecule has 0 bridgehead atoms. The van der Waals surface area contributed by atoms with E-state index in [0.717, 1.165) is 38.7 Å². The third-order valence-corrected chi connectivity index (χ3v) is 4.74. The minimum Gasteiger partial charge on any atom is -0.497 e. The summed E-state index contributed by atoms with van der Waals surface area (Å²) < 4.78 is 11.2. The van der Waals surface area contributed by atoms with Crippen molar-refractivity contribution in [2.45, 2.75) is 13.5 Å². The summed E-state index contributed by atoms with van der Waals surface area (Å²) in [6.07, 6.45) is 0.528. The molecule has 0 aromatic heterocycles. The second kappa shape index (κ2) is 12.0. The van der Waals surface area contributed by atoms with Crippen molar-refractivity contribution in [3.8, 4) is 28.7 Å². The molecule has 0 aliphatic rings. The van der Waals surface area contributed by atoms with E-state index in [1.807, 2.05) is 55.6 Å². The van der Waals surface area contributed by atoms with Crippen LogP contribution in [0.1, 0.15) is 16.7 Å². The van der Waals surface area contributed by atoms with Gasteiger partial charge in [0.1, 0.15) is 18.1 Å². The van der Waals surface area contributed by atoms with Crippen LogP contribution in [0.3, 0.4) is 0 Å². The monoisotopic (exact) mass is 432 g/mol. The summed E-state index contributed by atoms with van der Waals surface area (Å²) >= 11 is 0. The number of rotatable bonds is 7. The van der Waals surface area contributed by atoms with Crippen LogP contribution < -0.4 is 20.6 Å². The maximum absolute atomic E-state index is 9.58. The van der Waals surface area contributed by atoms with Gasteiger partial charge in [-0.25, -0.2) is 5.84 Å². The summed E-state index contributed by atoms with van der Waals surface area (Å²) in [5.74, 6) is 6.22. The summed E-state index contributed by atoms with van der Waals surface area (Å²) in [7, 11) is 5.00. The Morgan fingerprint density at radius 3 is 2.34 bits per heavy atom. The predicted molar refractivity (Wildman–Crippen MR) is 126 cm³/mol. The molecular formula is C25H28N4O3. The molecule has 0 saturated heterocycles. The Bertz CT molecular complexity index is 1070. The largest absolute Gasteiger partial charge is 0.497 e. The van der Waals surface area contributed by atoms with E-state index in [1.54, 1.807) is 13.2 Å². The first-order chi connectivity index (χ1) is 15.4. The lowest BCUT2D eigenvalue weighted by molar-refractivity contribution is -0.117. The van der Waals surface area contributed by atoms with Crippen LogP contribution in [0.4, 0.5) is 5.69 Å². The van der Waals surface area contributed by atoms with Crippen LogP contribution in [0.15, 0.2) is 60.7 Å². The molecule has 7 heteroatoms. The number of carbonyl (C=O) groups is 1. The van der Waals surface area contributed by atoms with E-state index in [-0.39, 0.29) is 0 Å². The molecule has 3 N–H and O–H groups in total. The zero-order chi connectivity index (χ0) is 23.5. The highest BCUT2D eigenvalue weighted by molar-refractivity contribution is 5.72. The average molecular weight is 433 g/mol. The fourth-order valence-corrected chi connectivity index (χ4v) is 3.01. The fourth-order valence-electron chi connectivity index (χ4n) is 3.01. The van der Waals surface area contributed by atoms with E-state index in [9.17, 15) is 10.1 Å². The van der Waals surface area contributed by atoms with Crippen molar-refractivity contribution in [3.05, 3.63) is 77.4 Å². The van der Waals surface area contributed by atoms with Gasteiger partial charge in [0.2, 0.25) is 6.41 Å². The second-order valence-electron chi connectivity index (χ2n) is 6.96.